The molecule has 3 atom stereocenters. The topological polar surface area (TPSA) is 86.7 Å². The van der Waals surface area contributed by atoms with Crippen LogP contribution in [0.1, 0.15) is 20.8 Å². The van der Waals surface area contributed by atoms with Gasteiger partial charge in [0.25, 0.3) is 0 Å². The van der Waals surface area contributed by atoms with Crippen molar-refractivity contribution in [2.24, 2.45) is 0 Å². The fraction of sp³-hybridized carbons (Fsp3) is 0.750. The van der Waals surface area contributed by atoms with Gasteiger partial charge in [-0.1, -0.05) is 6.92 Å². The van der Waals surface area contributed by atoms with Gasteiger partial charge in [-0.15, -0.1) is 11.8 Å². The zero-order valence-corrected chi connectivity index (χ0v) is 13.2. The molecule has 2 rings (SSSR count). The third kappa shape index (κ3) is 2.50. The number of β-lactam (4-membered cyclic amide) rings is 1. The number of nitrogens with one attached hydrogen (secondary N) is 1. The normalized spacial score (nSPS) is 30.6. The van der Waals surface area contributed by atoms with Gasteiger partial charge < -0.3 is 15.3 Å². The molecule has 0 aromatic heterocycles. The van der Waals surface area contributed by atoms with Gasteiger partial charge in [-0.05, 0) is 19.6 Å². The SMILES string of the molecule is CCSCC(=O)N[C@H]1C(=O)N2[C@@H]1SC(C)(C)[C@@H]2C(=O)O. The Morgan fingerprint density at radius 1 is 1.50 bits per heavy atom. The summed E-state index contributed by atoms with van der Waals surface area (Å²) in [5.74, 6) is -0.305. The minimum Gasteiger partial charge on any atom is -0.480 e. The zero-order valence-electron chi connectivity index (χ0n) is 11.6. The van der Waals surface area contributed by atoms with E-state index < -0.39 is 22.8 Å². The van der Waals surface area contributed by atoms with Crippen LogP contribution in [0, 0.1) is 0 Å². The van der Waals surface area contributed by atoms with E-state index in [4.69, 9.17) is 0 Å². The summed E-state index contributed by atoms with van der Waals surface area (Å²) in [5, 5.41) is 11.7. The van der Waals surface area contributed by atoms with E-state index in [9.17, 15) is 19.5 Å². The van der Waals surface area contributed by atoms with Crippen molar-refractivity contribution in [1.29, 1.82) is 0 Å². The van der Waals surface area contributed by atoms with E-state index >= 15 is 0 Å². The van der Waals surface area contributed by atoms with E-state index in [1.165, 1.54) is 28.4 Å². The molecule has 2 heterocycles. The highest BCUT2D eigenvalue weighted by molar-refractivity contribution is 8.01. The fourth-order valence-corrected chi connectivity index (χ4v) is 4.65. The molecule has 0 bridgehead atoms. The predicted octanol–water partition coefficient (Wildman–Crippen LogP) is 0.371. The average molecular weight is 318 g/mol. The largest absolute Gasteiger partial charge is 0.480 e. The lowest BCUT2D eigenvalue weighted by Crippen LogP contribution is -2.70. The number of carboxylic acid groups (broad SMARTS) is 1. The Morgan fingerprint density at radius 2 is 2.15 bits per heavy atom. The lowest BCUT2D eigenvalue weighted by atomic mass is 9.96. The van der Waals surface area contributed by atoms with Crippen molar-refractivity contribution in [2.75, 3.05) is 11.5 Å². The van der Waals surface area contributed by atoms with E-state index in [0.29, 0.717) is 5.75 Å². The molecule has 0 aliphatic carbocycles. The highest BCUT2D eigenvalue weighted by atomic mass is 32.2. The van der Waals surface area contributed by atoms with E-state index in [1.807, 2.05) is 20.8 Å². The van der Waals surface area contributed by atoms with Crippen molar-refractivity contribution < 1.29 is 19.5 Å². The number of carbonyl (C=O) groups excluding carboxylic acids is 2. The zero-order chi connectivity index (χ0) is 15.1. The highest BCUT2D eigenvalue weighted by Crippen LogP contribution is 2.50. The standard InChI is InChI=1S/C12H18N2O4S2/c1-4-19-5-6(15)13-7-9(16)14-8(11(17)18)12(2,3)20-10(7)14/h7-8,10H,4-5H2,1-3H3,(H,13,15)(H,17,18)/t7-,8-,10+/m0/s1. The number of fused-ring (bicyclic) bond motifs is 1. The Morgan fingerprint density at radius 3 is 2.70 bits per heavy atom. The second-order valence-corrected chi connectivity index (χ2v) is 8.33. The van der Waals surface area contributed by atoms with Crippen molar-refractivity contribution in [1.82, 2.24) is 10.2 Å². The minimum absolute atomic E-state index is 0.174. The molecule has 0 radical (unpaired) electrons. The second kappa shape index (κ2) is 5.48. The van der Waals surface area contributed by atoms with Crippen LogP contribution in [-0.4, -0.2) is 61.5 Å². The van der Waals surface area contributed by atoms with Crippen molar-refractivity contribution in [3.05, 3.63) is 0 Å². The van der Waals surface area contributed by atoms with Crippen LogP contribution < -0.4 is 5.32 Å². The first-order valence-corrected chi connectivity index (χ1v) is 8.43. The summed E-state index contributed by atoms with van der Waals surface area (Å²) in [4.78, 5) is 36.5. The first kappa shape index (κ1) is 15.5. The molecule has 20 heavy (non-hydrogen) atoms. The molecule has 0 aromatic carbocycles. The maximum atomic E-state index is 12.1. The molecular formula is C12H18N2O4S2. The maximum Gasteiger partial charge on any atom is 0.327 e. The van der Waals surface area contributed by atoms with Gasteiger partial charge in [0.1, 0.15) is 17.5 Å². The van der Waals surface area contributed by atoms with Crippen LogP contribution in [0.2, 0.25) is 0 Å². The van der Waals surface area contributed by atoms with E-state index in [-0.39, 0.29) is 17.2 Å². The highest BCUT2D eigenvalue weighted by Gasteiger charge is 2.64. The van der Waals surface area contributed by atoms with Gasteiger partial charge in [0.15, 0.2) is 0 Å². The number of aliphatic carboxylic acids is 1. The summed E-state index contributed by atoms with van der Waals surface area (Å²) in [6, 6.07) is -1.42. The van der Waals surface area contributed by atoms with Crippen LogP contribution in [0.25, 0.3) is 0 Å². The molecule has 2 amide bonds. The van der Waals surface area contributed by atoms with Crippen LogP contribution in [-0.2, 0) is 14.4 Å². The molecule has 2 aliphatic rings. The van der Waals surface area contributed by atoms with Crippen LogP contribution in [0.5, 0.6) is 0 Å². The Kier molecular flexibility index (Phi) is 4.24. The third-order valence-electron chi connectivity index (χ3n) is 3.43. The number of carbonyl (C=O) groups is 3. The smallest absolute Gasteiger partial charge is 0.327 e. The minimum atomic E-state index is -0.996. The van der Waals surface area contributed by atoms with Crippen molar-refractivity contribution in [2.45, 2.75) is 43.0 Å². The molecule has 8 heteroatoms. The Hall–Kier alpha value is -0.890. The summed E-state index contributed by atoms with van der Waals surface area (Å²) in [7, 11) is 0. The summed E-state index contributed by atoms with van der Waals surface area (Å²) >= 11 is 2.92. The summed E-state index contributed by atoms with van der Waals surface area (Å²) < 4.78 is -0.552. The van der Waals surface area contributed by atoms with Crippen molar-refractivity contribution in [3.63, 3.8) is 0 Å². The lowest BCUT2D eigenvalue weighted by molar-refractivity contribution is -0.160. The molecule has 2 N–H and O–H groups in total. The van der Waals surface area contributed by atoms with Gasteiger partial charge in [0.2, 0.25) is 11.8 Å². The van der Waals surface area contributed by atoms with Crippen LogP contribution in [0.4, 0.5) is 0 Å². The molecule has 2 saturated heterocycles. The number of thioether (sulfide) groups is 2. The molecule has 0 aromatic rings. The number of nitrogens with zero attached hydrogens (tertiary/aromatic N) is 1. The summed E-state index contributed by atoms with van der Waals surface area (Å²) in [6.07, 6.45) is 0. The Balaban J connectivity index is 2.03. The van der Waals surface area contributed by atoms with Gasteiger partial charge in [-0.3, -0.25) is 9.59 Å². The van der Waals surface area contributed by atoms with Gasteiger partial charge in [-0.25, -0.2) is 4.79 Å². The van der Waals surface area contributed by atoms with Crippen LogP contribution in [0.3, 0.4) is 0 Å². The van der Waals surface area contributed by atoms with E-state index in [1.54, 1.807) is 0 Å². The number of amides is 2. The molecule has 2 fully saturated rings. The van der Waals surface area contributed by atoms with Crippen molar-refractivity contribution >= 4 is 41.3 Å². The molecule has 6 nitrogen and oxygen atoms in total. The number of hydrogen-bond acceptors (Lipinski definition) is 5. The number of hydrogen-bond donors (Lipinski definition) is 2. The Bertz CT molecular complexity index is 455. The molecule has 112 valence electrons. The number of rotatable bonds is 5. The third-order valence-corrected chi connectivity index (χ3v) is 5.87. The van der Waals surface area contributed by atoms with E-state index in [0.717, 1.165) is 5.75 Å². The molecule has 2 aliphatic heterocycles. The molecule has 0 spiro atoms. The molecule has 0 unspecified atom stereocenters. The second-order valence-electron chi connectivity index (χ2n) is 5.28. The Labute approximate surface area is 126 Å². The monoisotopic (exact) mass is 318 g/mol. The fourth-order valence-electron chi connectivity index (χ4n) is 2.56. The lowest BCUT2D eigenvalue weighted by Gasteiger charge is -2.43. The maximum absolute atomic E-state index is 12.1. The van der Waals surface area contributed by atoms with E-state index in [2.05, 4.69) is 5.32 Å². The predicted molar refractivity (Wildman–Crippen MR) is 78.7 cm³/mol. The first-order chi connectivity index (χ1) is 9.29. The van der Waals surface area contributed by atoms with Gasteiger partial charge in [-0.2, -0.15) is 11.8 Å². The van der Waals surface area contributed by atoms with Crippen LogP contribution in [0.15, 0.2) is 0 Å². The molecular weight excluding hydrogens is 300 g/mol. The van der Waals surface area contributed by atoms with Crippen molar-refractivity contribution in [3.8, 4) is 0 Å². The van der Waals surface area contributed by atoms with Gasteiger partial charge in [0, 0.05) is 4.75 Å². The quantitative estimate of drug-likeness (QED) is 0.712. The van der Waals surface area contributed by atoms with Gasteiger partial charge in [0.05, 0.1) is 5.75 Å². The first-order valence-electron chi connectivity index (χ1n) is 6.39. The van der Waals surface area contributed by atoms with Gasteiger partial charge >= 0.3 is 5.97 Å². The average Bonchev–Trinajstić information content (AvgIpc) is 2.62. The van der Waals surface area contributed by atoms with Crippen LogP contribution >= 0.6 is 23.5 Å². The summed E-state index contributed by atoms with van der Waals surface area (Å²) in [6.45, 7) is 5.59. The summed E-state index contributed by atoms with van der Waals surface area (Å²) in [5.41, 5.74) is 0. The number of carboxylic acids is 1. The molecule has 0 saturated carbocycles.